The van der Waals surface area contributed by atoms with E-state index in [1.807, 2.05) is 12.1 Å². The number of rotatable bonds is 2. The van der Waals surface area contributed by atoms with Gasteiger partial charge >= 0.3 is 0 Å². The van der Waals surface area contributed by atoms with Gasteiger partial charge in [0.1, 0.15) is 0 Å². The van der Waals surface area contributed by atoms with Gasteiger partial charge in [0, 0.05) is 42.9 Å². The summed E-state index contributed by atoms with van der Waals surface area (Å²) in [7, 11) is 0. The second-order valence-corrected chi connectivity index (χ2v) is 6.51. The third-order valence-corrected chi connectivity index (χ3v) is 4.91. The lowest BCUT2D eigenvalue weighted by molar-refractivity contribution is 0.184. The minimum Gasteiger partial charge on any atom is -0.369 e. The lowest BCUT2D eigenvalue weighted by Crippen LogP contribution is -2.49. The van der Waals surface area contributed by atoms with Gasteiger partial charge in [0.2, 0.25) is 0 Å². The second kappa shape index (κ2) is 5.72. The highest BCUT2D eigenvalue weighted by Gasteiger charge is 2.29. The Bertz CT molecular complexity index is 427. The van der Waals surface area contributed by atoms with Crippen molar-refractivity contribution in [2.75, 3.05) is 31.1 Å². The first-order valence-corrected chi connectivity index (χ1v) is 7.85. The Balaban J connectivity index is 1.57. The zero-order valence-corrected chi connectivity index (χ0v) is 12.4. The number of anilines is 1. The normalized spacial score (nSPS) is 28.8. The van der Waals surface area contributed by atoms with Crippen LogP contribution in [0.1, 0.15) is 26.2 Å². The lowest BCUT2D eigenvalue weighted by atomic mass is 10.1. The maximum absolute atomic E-state index is 6.08. The van der Waals surface area contributed by atoms with E-state index in [2.05, 4.69) is 28.9 Å². The molecule has 2 atom stereocenters. The molecule has 0 spiro atoms. The molecule has 1 saturated heterocycles. The van der Waals surface area contributed by atoms with Crippen LogP contribution < -0.4 is 4.90 Å². The number of benzene rings is 1. The maximum atomic E-state index is 6.08. The molecule has 3 rings (SSSR count). The Kier molecular flexibility index (Phi) is 3.99. The molecule has 1 aliphatic heterocycles. The summed E-state index contributed by atoms with van der Waals surface area (Å²) in [5.74, 6) is 0.927. The Hall–Kier alpha value is -0.730. The number of piperazine rings is 1. The van der Waals surface area contributed by atoms with Gasteiger partial charge < -0.3 is 4.90 Å². The first-order valence-electron chi connectivity index (χ1n) is 7.47. The van der Waals surface area contributed by atoms with E-state index in [1.54, 1.807) is 0 Å². The third-order valence-electron chi connectivity index (χ3n) is 4.67. The molecule has 1 aromatic rings. The number of hydrogen-bond acceptors (Lipinski definition) is 2. The molecule has 0 amide bonds. The van der Waals surface area contributed by atoms with Gasteiger partial charge in [-0.3, -0.25) is 4.90 Å². The smallest absolute Gasteiger partial charge is 0.0426 e. The van der Waals surface area contributed by atoms with Crippen molar-refractivity contribution in [1.29, 1.82) is 0 Å². The van der Waals surface area contributed by atoms with Gasteiger partial charge in [-0.15, -0.1) is 0 Å². The number of hydrogen-bond donors (Lipinski definition) is 0. The summed E-state index contributed by atoms with van der Waals surface area (Å²) < 4.78 is 0. The van der Waals surface area contributed by atoms with Crippen molar-refractivity contribution in [2.45, 2.75) is 32.2 Å². The van der Waals surface area contributed by atoms with Gasteiger partial charge in [-0.25, -0.2) is 0 Å². The summed E-state index contributed by atoms with van der Waals surface area (Å²) in [5, 5.41) is 0.838. The Morgan fingerprint density at radius 3 is 2.53 bits per heavy atom. The van der Waals surface area contributed by atoms with E-state index in [0.717, 1.165) is 30.1 Å². The summed E-state index contributed by atoms with van der Waals surface area (Å²) in [6.45, 7) is 7.05. The third kappa shape index (κ3) is 3.06. The highest BCUT2D eigenvalue weighted by molar-refractivity contribution is 6.30. The maximum Gasteiger partial charge on any atom is 0.0426 e. The van der Waals surface area contributed by atoms with E-state index in [9.17, 15) is 0 Å². The summed E-state index contributed by atoms with van der Waals surface area (Å²) in [5.41, 5.74) is 1.27. The molecule has 2 fully saturated rings. The summed E-state index contributed by atoms with van der Waals surface area (Å²) in [6, 6.07) is 9.08. The number of nitrogens with zero attached hydrogens (tertiary/aromatic N) is 2. The fourth-order valence-corrected chi connectivity index (χ4v) is 3.71. The molecule has 2 nitrogen and oxygen atoms in total. The molecular weight excluding hydrogens is 256 g/mol. The van der Waals surface area contributed by atoms with Crippen LogP contribution in [0.5, 0.6) is 0 Å². The van der Waals surface area contributed by atoms with Crippen LogP contribution in [0.3, 0.4) is 0 Å². The molecule has 2 aliphatic rings. The van der Waals surface area contributed by atoms with Crippen LogP contribution in [0.2, 0.25) is 5.02 Å². The minimum atomic E-state index is 0.838. The first kappa shape index (κ1) is 13.3. The predicted molar refractivity (Wildman–Crippen MR) is 82.0 cm³/mol. The predicted octanol–water partition coefficient (Wildman–Crippen LogP) is 3.65. The molecule has 1 saturated carbocycles. The minimum absolute atomic E-state index is 0.838. The summed E-state index contributed by atoms with van der Waals surface area (Å²) in [4.78, 5) is 5.16. The molecule has 0 N–H and O–H groups in total. The average molecular weight is 279 g/mol. The van der Waals surface area contributed by atoms with Crippen molar-refractivity contribution in [3.63, 3.8) is 0 Å². The Labute approximate surface area is 121 Å². The molecule has 0 bridgehead atoms. The van der Waals surface area contributed by atoms with Crippen molar-refractivity contribution in [3.8, 4) is 0 Å². The van der Waals surface area contributed by atoms with Crippen LogP contribution in [0.4, 0.5) is 5.69 Å². The van der Waals surface area contributed by atoms with Crippen molar-refractivity contribution in [2.24, 2.45) is 5.92 Å². The largest absolute Gasteiger partial charge is 0.369 e. The van der Waals surface area contributed by atoms with Crippen LogP contribution in [0.15, 0.2) is 24.3 Å². The van der Waals surface area contributed by atoms with E-state index in [0.29, 0.717) is 0 Å². The molecule has 1 aromatic carbocycles. The van der Waals surface area contributed by atoms with Crippen molar-refractivity contribution in [3.05, 3.63) is 29.3 Å². The molecule has 1 aliphatic carbocycles. The van der Waals surface area contributed by atoms with E-state index < -0.39 is 0 Å². The average Bonchev–Trinajstić information content (AvgIpc) is 2.86. The van der Waals surface area contributed by atoms with Gasteiger partial charge in [0.25, 0.3) is 0 Å². The van der Waals surface area contributed by atoms with Crippen LogP contribution >= 0.6 is 11.6 Å². The second-order valence-electron chi connectivity index (χ2n) is 6.07. The monoisotopic (exact) mass is 278 g/mol. The highest BCUT2D eigenvalue weighted by atomic mass is 35.5. The van der Waals surface area contributed by atoms with Crippen molar-refractivity contribution in [1.82, 2.24) is 4.90 Å². The van der Waals surface area contributed by atoms with Gasteiger partial charge in [-0.2, -0.15) is 0 Å². The quantitative estimate of drug-likeness (QED) is 0.815. The van der Waals surface area contributed by atoms with Crippen LogP contribution in [-0.4, -0.2) is 37.1 Å². The topological polar surface area (TPSA) is 6.48 Å². The Morgan fingerprint density at radius 1 is 1.11 bits per heavy atom. The van der Waals surface area contributed by atoms with Gasteiger partial charge in [0.15, 0.2) is 0 Å². The fourth-order valence-electron chi connectivity index (χ4n) is 3.53. The lowest BCUT2D eigenvalue weighted by Gasteiger charge is -2.39. The molecule has 3 heteroatoms. The summed E-state index contributed by atoms with van der Waals surface area (Å²) >= 11 is 6.08. The van der Waals surface area contributed by atoms with Gasteiger partial charge in [-0.05, 0) is 43.4 Å². The molecule has 0 aromatic heterocycles. The van der Waals surface area contributed by atoms with Crippen LogP contribution in [-0.2, 0) is 0 Å². The standard InChI is InChI=1S/C16H23ClN2/c1-13-5-6-16(11-13)19-9-7-18(8-10-19)15-4-2-3-14(17)12-15/h2-4,12-13,16H,5-11H2,1H3. The van der Waals surface area contributed by atoms with Gasteiger partial charge in [-0.1, -0.05) is 24.6 Å². The number of halogens is 1. The zero-order chi connectivity index (χ0) is 13.2. The van der Waals surface area contributed by atoms with Crippen LogP contribution in [0.25, 0.3) is 0 Å². The van der Waals surface area contributed by atoms with Crippen molar-refractivity contribution >= 4 is 17.3 Å². The Morgan fingerprint density at radius 2 is 1.89 bits per heavy atom. The van der Waals surface area contributed by atoms with E-state index >= 15 is 0 Å². The highest BCUT2D eigenvalue weighted by Crippen LogP contribution is 2.30. The molecule has 2 unspecified atom stereocenters. The molecule has 104 valence electrons. The molecule has 19 heavy (non-hydrogen) atoms. The van der Waals surface area contributed by atoms with Crippen LogP contribution in [0, 0.1) is 5.92 Å². The molecule has 0 radical (unpaired) electrons. The fraction of sp³-hybridized carbons (Fsp3) is 0.625. The van der Waals surface area contributed by atoms with Gasteiger partial charge in [0.05, 0.1) is 0 Å². The molecular formula is C16H23ClN2. The van der Waals surface area contributed by atoms with E-state index in [-0.39, 0.29) is 0 Å². The summed E-state index contributed by atoms with van der Waals surface area (Å²) in [6.07, 6.45) is 4.22. The van der Waals surface area contributed by atoms with Crippen molar-refractivity contribution < 1.29 is 0 Å². The SMILES string of the molecule is CC1CCC(N2CCN(c3cccc(Cl)c3)CC2)C1. The zero-order valence-electron chi connectivity index (χ0n) is 11.7. The van der Waals surface area contributed by atoms with E-state index in [1.165, 1.54) is 38.0 Å². The van der Waals surface area contributed by atoms with E-state index in [4.69, 9.17) is 11.6 Å². The molecule has 1 heterocycles. The first-order chi connectivity index (χ1) is 9.22.